The second kappa shape index (κ2) is 1.77. The molecule has 2 heteroatoms. The monoisotopic (exact) mass is 106 g/mol. The van der Waals surface area contributed by atoms with Crippen LogP contribution >= 0.6 is 0 Å². The molecule has 0 unspecified atom stereocenters. The van der Waals surface area contributed by atoms with E-state index in [9.17, 15) is 0 Å². The van der Waals surface area contributed by atoms with Crippen molar-refractivity contribution in [1.29, 1.82) is 0 Å². The maximum Gasteiger partial charge on any atom is 0.308 e. The summed E-state index contributed by atoms with van der Waals surface area (Å²) in [5.74, 6) is 0. The molecule has 0 saturated carbocycles. The summed E-state index contributed by atoms with van der Waals surface area (Å²) in [5.41, 5.74) is 3.77. The average Bonchev–Trinajstić information content (AvgIpc) is 1.98. The van der Waals surface area contributed by atoms with Crippen LogP contribution < -0.4 is 0 Å². The van der Waals surface area contributed by atoms with Gasteiger partial charge in [-0.1, -0.05) is 5.47 Å². The van der Waals surface area contributed by atoms with Crippen molar-refractivity contribution in [2.45, 2.75) is 20.8 Å². The van der Waals surface area contributed by atoms with E-state index in [1.807, 2.05) is 14.3 Å². The van der Waals surface area contributed by atoms with Gasteiger partial charge in [-0.25, -0.2) is 0 Å². The molecule has 0 saturated heterocycles. The Morgan fingerprint density at radius 3 is 2.00 bits per heavy atom. The predicted molar refractivity (Wildman–Crippen MR) is 37.2 cm³/mol. The van der Waals surface area contributed by atoms with Crippen molar-refractivity contribution in [2.75, 3.05) is 0 Å². The van der Waals surface area contributed by atoms with Gasteiger partial charge in [0.25, 0.3) is 0 Å². The van der Waals surface area contributed by atoms with Crippen LogP contribution in [0.2, 0.25) is 0 Å². The standard InChI is InChI=1S/C6H9BN/c1-4-5(2)7-8-6(4)3/h1-3H3. The van der Waals surface area contributed by atoms with Crippen molar-refractivity contribution in [3.8, 4) is 0 Å². The third kappa shape index (κ3) is 0.704. The number of allylic oxidation sites excluding steroid dienone is 2. The first kappa shape index (κ1) is 5.61. The molecule has 1 heterocycles. The molecule has 1 aliphatic heterocycles. The van der Waals surface area contributed by atoms with Crippen molar-refractivity contribution in [1.82, 2.24) is 0 Å². The lowest BCUT2D eigenvalue weighted by Gasteiger charge is -1.91. The Balaban J connectivity index is 2.88. The first-order valence-electron chi connectivity index (χ1n) is 2.77. The van der Waals surface area contributed by atoms with Gasteiger partial charge in [0.15, 0.2) is 0 Å². The summed E-state index contributed by atoms with van der Waals surface area (Å²) < 4.78 is 0. The van der Waals surface area contributed by atoms with E-state index in [1.165, 1.54) is 11.0 Å². The minimum Gasteiger partial charge on any atom is -0.346 e. The minimum absolute atomic E-state index is 1.16. The molecule has 1 rings (SSSR count). The van der Waals surface area contributed by atoms with Crippen LogP contribution in [-0.2, 0) is 0 Å². The summed E-state index contributed by atoms with van der Waals surface area (Å²) in [6.45, 7) is 6.20. The second-order valence-corrected chi connectivity index (χ2v) is 2.15. The molecule has 0 atom stereocenters. The van der Waals surface area contributed by atoms with Gasteiger partial charge >= 0.3 is 7.41 Å². The van der Waals surface area contributed by atoms with Gasteiger partial charge in [-0.2, -0.15) is 0 Å². The Morgan fingerprint density at radius 1 is 1.25 bits per heavy atom. The van der Waals surface area contributed by atoms with Gasteiger partial charge in [0.1, 0.15) is 0 Å². The Morgan fingerprint density at radius 2 is 1.88 bits per heavy atom. The number of hydrogen-bond donors (Lipinski definition) is 0. The van der Waals surface area contributed by atoms with Crippen LogP contribution in [0, 0.1) is 0 Å². The van der Waals surface area contributed by atoms with Gasteiger partial charge in [-0.05, 0) is 26.3 Å². The van der Waals surface area contributed by atoms with Crippen molar-refractivity contribution in [2.24, 2.45) is 4.90 Å². The summed E-state index contributed by atoms with van der Waals surface area (Å²) in [5, 5.41) is 0. The zero-order valence-corrected chi connectivity index (χ0v) is 5.52. The van der Waals surface area contributed by atoms with Crippen LogP contribution in [0.1, 0.15) is 20.8 Å². The fraction of sp³-hybridized carbons (Fsp3) is 0.500. The summed E-state index contributed by atoms with van der Waals surface area (Å²) in [6.07, 6.45) is 0. The third-order valence-corrected chi connectivity index (χ3v) is 1.59. The van der Waals surface area contributed by atoms with Gasteiger partial charge in [0.2, 0.25) is 0 Å². The molecule has 1 radical (unpaired) electrons. The van der Waals surface area contributed by atoms with E-state index in [0.29, 0.717) is 0 Å². The van der Waals surface area contributed by atoms with E-state index in [-0.39, 0.29) is 0 Å². The smallest absolute Gasteiger partial charge is 0.308 e. The average molecular weight is 106 g/mol. The lowest BCUT2D eigenvalue weighted by Crippen LogP contribution is -1.87. The molecule has 0 aliphatic carbocycles. The molecule has 0 N–H and O–H groups in total. The largest absolute Gasteiger partial charge is 0.346 e. The van der Waals surface area contributed by atoms with E-state index in [1.54, 1.807) is 0 Å². The van der Waals surface area contributed by atoms with Crippen LogP contribution in [0.3, 0.4) is 0 Å². The van der Waals surface area contributed by atoms with Crippen LogP contribution in [0.5, 0.6) is 0 Å². The highest BCUT2D eigenvalue weighted by molar-refractivity contribution is 6.50. The molecule has 41 valence electrons. The molecule has 1 nitrogen and oxygen atoms in total. The van der Waals surface area contributed by atoms with E-state index in [4.69, 9.17) is 0 Å². The fourth-order valence-corrected chi connectivity index (χ4v) is 0.673. The summed E-state index contributed by atoms with van der Waals surface area (Å²) in [7, 11) is 1.91. The Kier molecular flexibility index (Phi) is 1.24. The van der Waals surface area contributed by atoms with Gasteiger partial charge < -0.3 is 4.90 Å². The van der Waals surface area contributed by atoms with Gasteiger partial charge in [-0.15, -0.1) is 0 Å². The summed E-state index contributed by atoms with van der Waals surface area (Å²) >= 11 is 0. The van der Waals surface area contributed by atoms with Crippen LogP contribution in [-0.4, -0.2) is 13.1 Å². The highest BCUT2D eigenvalue weighted by Crippen LogP contribution is 2.10. The normalized spacial score (nSPS) is 18.6. The fourth-order valence-electron chi connectivity index (χ4n) is 0.673. The maximum atomic E-state index is 4.12. The quantitative estimate of drug-likeness (QED) is 0.413. The molecular weight excluding hydrogens is 96.9 g/mol. The Hall–Kier alpha value is -0.525. The summed E-state index contributed by atoms with van der Waals surface area (Å²) in [6, 6.07) is 0. The highest BCUT2D eigenvalue weighted by Gasteiger charge is 2.07. The van der Waals surface area contributed by atoms with E-state index in [2.05, 4.69) is 18.8 Å². The molecule has 1 aliphatic rings. The molecule has 0 bridgehead atoms. The molecule has 0 amide bonds. The molecule has 0 aromatic rings. The van der Waals surface area contributed by atoms with Crippen molar-refractivity contribution in [3.63, 3.8) is 0 Å². The van der Waals surface area contributed by atoms with Gasteiger partial charge in [0.05, 0.1) is 0 Å². The van der Waals surface area contributed by atoms with Crippen LogP contribution in [0.4, 0.5) is 0 Å². The zero-order chi connectivity index (χ0) is 6.15. The van der Waals surface area contributed by atoms with Crippen molar-refractivity contribution < 1.29 is 0 Å². The highest BCUT2D eigenvalue weighted by atomic mass is 14.6. The topological polar surface area (TPSA) is 12.4 Å². The van der Waals surface area contributed by atoms with E-state index >= 15 is 0 Å². The lowest BCUT2D eigenvalue weighted by atomic mass is 9.85. The summed E-state index contributed by atoms with van der Waals surface area (Å²) in [4.78, 5) is 4.12. The Bertz CT molecular complexity index is 162. The second-order valence-electron chi connectivity index (χ2n) is 2.15. The van der Waals surface area contributed by atoms with Crippen molar-refractivity contribution in [3.05, 3.63) is 11.0 Å². The van der Waals surface area contributed by atoms with E-state index in [0.717, 1.165) is 5.71 Å². The first-order valence-corrected chi connectivity index (χ1v) is 2.77. The number of nitrogens with zero attached hydrogens (tertiary/aromatic N) is 1. The minimum atomic E-state index is 1.16. The molecular formula is C6H9BN. The lowest BCUT2D eigenvalue weighted by molar-refractivity contribution is 1.49. The Labute approximate surface area is 50.8 Å². The van der Waals surface area contributed by atoms with Crippen LogP contribution in [0.25, 0.3) is 0 Å². The molecule has 8 heavy (non-hydrogen) atoms. The first-order chi connectivity index (χ1) is 3.72. The third-order valence-electron chi connectivity index (χ3n) is 1.59. The van der Waals surface area contributed by atoms with Crippen molar-refractivity contribution >= 4 is 13.1 Å². The van der Waals surface area contributed by atoms with Gasteiger partial charge in [-0.3, -0.25) is 0 Å². The predicted octanol–water partition coefficient (Wildman–Crippen LogP) is 1.37. The molecule has 0 spiro atoms. The molecule has 0 aromatic heterocycles. The van der Waals surface area contributed by atoms with Crippen LogP contribution in [0.15, 0.2) is 15.9 Å². The zero-order valence-electron chi connectivity index (χ0n) is 5.52. The molecule has 0 fully saturated rings. The molecule has 0 aromatic carbocycles. The van der Waals surface area contributed by atoms with E-state index < -0.39 is 0 Å². The van der Waals surface area contributed by atoms with Gasteiger partial charge in [0, 0.05) is 5.71 Å². The SMILES string of the molecule is CC1=N[B]C(C)=C1C. The number of hydrogen-bond acceptors (Lipinski definition) is 1. The number of rotatable bonds is 0. The maximum absolute atomic E-state index is 4.12.